The van der Waals surface area contributed by atoms with Gasteiger partial charge in [0.15, 0.2) is 0 Å². The van der Waals surface area contributed by atoms with Gasteiger partial charge in [-0.1, -0.05) is 58.0 Å². The summed E-state index contributed by atoms with van der Waals surface area (Å²) in [5.41, 5.74) is 1.55. The first-order chi connectivity index (χ1) is 14.1. The predicted octanol–water partition coefficient (Wildman–Crippen LogP) is 2.75. The van der Waals surface area contributed by atoms with Crippen molar-refractivity contribution in [3.8, 4) is 0 Å². The number of aryl methyl sites for hydroxylation is 1. The van der Waals surface area contributed by atoms with Crippen molar-refractivity contribution in [3.63, 3.8) is 0 Å². The van der Waals surface area contributed by atoms with E-state index in [0.717, 1.165) is 18.7 Å². The van der Waals surface area contributed by atoms with E-state index in [1.807, 2.05) is 25.1 Å². The van der Waals surface area contributed by atoms with Crippen molar-refractivity contribution in [2.75, 3.05) is 30.5 Å². The van der Waals surface area contributed by atoms with Gasteiger partial charge in [0.25, 0.3) is 10.0 Å². The second kappa shape index (κ2) is 10.9. The van der Waals surface area contributed by atoms with Crippen LogP contribution in [0.25, 0.3) is 0 Å². The molecule has 0 unspecified atom stereocenters. The van der Waals surface area contributed by atoms with Crippen molar-refractivity contribution in [1.82, 2.24) is 0 Å². The molecule has 0 heterocycles. The number of sulfonamides is 1. The zero-order valence-corrected chi connectivity index (χ0v) is 19.7. The fraction of sp³-hybridized carbons (Fsp3) is 0.500. The molecule has 0 fully saturated rings. The molecular weight excluding hydrogens is 396 g/mol. The molecule has 0 bridgehead atoms. The molecule has 2 aromatic carbocycles. The molecule has 1 atom stereocenters. The molecule has 2 rings (SSSR count). The largest absolute Gasteiger partial charge is 0.385 e. The highest BCUT2D eigenvalue weighted by molar-refractivity contribution is 7.92. The Morgan fingerprint density at radius 2 is 1.50 bits per heavy atom. The summed E-state index contributed by atoms with van der Waals surface area (Å²) >= 11 is 0. The van der Waals surface area contributed by atoms with Crippen LogP contribution in [0.3, 0.4) is 0 Å². The summed E-state index contributed by atoms with van der Waals surface area (Å²) in [7, 11) is -3.78. The summed E-state index contributed by atoms with van der Waals surface area (Å²) in [5.74, 6) is 1.01. The van der Waals surface area contributed by atoms with Gasteiger partial charge in [-0.2, -0.15) is 0 Å². The fourth-order valence-corrected chi connectivity index (χ4v) is 5.35. The van der Waals surface area contributed by atoms with Crippen LogP contribution in [0.15, 0.2) is 59.5 Å². The van der Waals surface area contributed by atoms with Gasteiger partial charge in [-0.25, -0.2) is 8.42 Å². The van der Waals surface area contributed by atoms with Crippen LogP contribution in [-0.2, 0) is 10.0 Å². The molecule has 166 valence electrons. The molecule has 0 saturated heterocycles. The van der Waals surface area contributed by atoms with Crippen molar-refractivity contribution in [2.24, 2.45) is 11.8 Å². The van der Waals surface area contributed by atoms with E-state index < -0.39 is 16.1 Å². The summed E-state index contributed by atoms with van der Waals surface area (Å²) in [6.07, 6.45) is -0.767. The maximum atomic E-state index is 13.4. The second-order valence-electron chi connectivity index (χ2n) is 8.99. The lowest BCUT2D eigenvalue weighted by Crippen LogP contribution is -3.14. The SMILES string of the molecule is Cc1cccc(N(C[C@@H](O)C[NH+](CC(C)C)CC(C)C)S(=O)(=O)c2ccccc2)c1. The third-order valence-corrected chi connectivity index (χ3v) is 6.72. The van der Waals surface area contributed by atoms with Crippen LogP contribution >= 0.6 is 0 Å². The normalized spacial score (nSPS) is 13.2. The third kappa shape index (κ3) is 7.11. The average molecular weight is 434 g/mol. The van der Waals surface area contributed by atoms with Crippen molar-refractivity contribution < 1.29 is 18.4 Å². The molecule has 0 amide bonds. The van der Waals surface area contributed by atoms with Crippen LogP contribution < -0.4 is 9.21 Å². The molecule has 0 aromatic heterocycles. The standard InChI is InChI=1S/C24H36N2O3S/c1-19(2)15-25(16-20(3)4)17-23(27)18-26(22-11-9-10-21(5)14-22)30(28,29)24-12-7-6-8-13-24/h6-14,19-20,23,27H,15-18H2,1-5H3/p+1/t23-/m0/s1. The van der Waals surface area contributed by atoms with Gasteiger partial charge in [-0.15, -0.1) is 0 Å². The topological polar surface area (TPSA) is 62.1 Å². The number of hydrogen-bond donors (Lipinski definition) is 2. The minimum atomic E-state index is -3.78. The number of hydrogen-bond acceptors (Lipinski definition) is 3. The first-order valence-corrected chi connectivity index (χ1v) is 12.2. The highest BCUT2D eigenvalue weighted by atomic mass is 32.2. The van der Waals surface area contributed by atoms with Gasteiger partial charge in [0.2, 0.25) is 0 Å². The molecule has 0 aliphatic heterocycles. The molecule has 5 nitrogen and oxygen atoms in total. The Balaban J connectivity index is 2.31. The summed E-state index contributed by atoms with van der Waals surface area (Å²) in [6, 6.07) is 15.8. The number of benzene rings is 2. The number of aliphatic hydroxyl groups is 1. The molecule has 2 N–H and O–H groups in total. The van der Waals surface area contributed by atoms with Gasteiger partial charge in [-0.05, 0) is 36.8 Å². The number of anilines is 1. The van der Waals surface area contributed by atoms with Gasteiger partial charge < -0.3 is 10.0 Å². The minimum absolute atomic E-state index is 0.0281. The van der Waals surface area contributed by atoms with E-state index >= 15 is 0 Å². The quantitative estimate of drug-likeness (QED) is 0.573. The molecule has 30 heavy (non-hydrogen) atoms. The molecule has 0 spiro atoms. The monoisotopic (exact) mass is 433 g/mol. The van der Waals surface area contributed by atoms with E-state index in [0.29, 0.717) is 24.1 Å². The van der Waals surface area contributed by atoms with Crippen molar-refractivity contribution >= 4 is 15.7 Å². The number of nitrogens with one attached hydrogen (secondary N) is 1. The first kappa shape index (κ1) is 24.4. The Labute approximate surface area is 182 Å². The molecule has 6 heteroatoms. The highest BCUT2D eigenvalue weighted by Gasteiger charge is 2.29. The van der Waals surface area contributed by atoms with E-state index in [1.165, 1.54) is 9.21 Å². The van der Waals surface area contributed by atoms with Gasteiger partial charge >= 0.3 is 0 Å². The van der Waals surface area contributed by atoms with Crippen LogP contribution in [0.4, 0.5) is 5.69 Å². The lowest BCUT2D eigenvalue weighted by molar-refractivity contribution is -0.909. The predicted molar refractivity (Wildman–Crippen MR) is 123 cm³/mol. The maximum Gasteiger partial charge on any atom is 0.264 e. The van der Waals surface area contributed by atoms with Crippen molar-refractivity contribution in [2.45, 2.75) is 45.6 Å². The third-order valence-electron chi connectivity index (χ3n) is 4.92. The summed E-state index contributed by atoms with van der Waals surface area (Å²) in [5, 5.41) is 10.9. The lowest BCUT2D eigenvalue weighted by atomic mass is 10.1. The molecule has 0 aliphatic carbocycles. The maximum absolute atomic E-state index is 13.4. The van der Waals surface area contributed by atoms with Crippen LogP contribution in [-0.4, -0.2) is 45.8 Å². The molecule has 2 aromatic rings. The fourth-order valence-electron chi connectivity index (χ4n) is 3.84. The summed E-state index contributed by atoms with van der Waals surface area (Å²) in [4.78, 5) is 1.53. The van der Waals surface area contributed by atoms with E-state index in [2.05, 4.69) is 27.7 Å². The summed E-state index contributed by atoms with van der Waals surface area (Å²) < 4.78 is 28.2. The van der Waals surface area contributed by atoms with Gasteiger partial charge in [0, 0.05) is 11.8 Å². The van der Waals surface area contributed by atoms with Crippen molar-refractivity contribution in [3.05, 3.63) is 60.2 Å². The van der Waals surface area contributed by atoms with Crippen LogP contribution in [0.1, 0.15) is 33.3 Å². The zero-order chi connectivity index (χ0) is 22.3. The Morgan fingerprint density at radius 3 is 2.03 bits per heavy atom. The Bertz CT molecular complexity index is 872. The zero-order valence-electron chi connectivity index (χ0n) is 18.9. The van der Waals surface area contributed by atoms with Crippen LogP contribution in [0.2, 0.25) is 0 Å². The highest BCUT2D eigenvalue weighted by Crippen LogP contribution is 2.24. The van der Waals surface area contributed by atoms with E-state index in [4.69, 9.17) is 0 Å². The van der Waals surface area contributed by atoms with E-state index in [-0.39, 0.29) is 11.4 Å². The minimum Gasteiger partial charge on any atom is -0.385 e. The molecule has 0 radical (unpaired) electrons. The number of quaternary nitrogens is 1. The molecule has 0 saturated carbocycles. The average Bonchev–Trinajstić information content (AvgIpc) is 2.65. The second-order valence-corrected chi connectivity index (χ2v) is 10.9. The Kier molecular flexibility index (Phi) is 8.89. The number of rotatable bonds is 11. The van der Waals surface area contributed by atoms with Gasteiger partial charge in [0.1, 0.15) is 12.6 Å². The van der Waals surface area contributed by atoms with Crippen LogP contribution in [0, 0.1) is 18.8 Å². The van der Waals surface area contributed by atoms with Gasteiger partial charge in [-0.3, -0.25) is 4.31 Å². The molecule has 0 aliphatic rings. The number of nitrogens with zero attached hydrogens (tertiary/aromatic N) is 1. The Morgan fingerprint density at radius 1 is 0.900 bits per heavy atom. The first-order valence-electron chi connectivity index (χ1n) is 10.8. The van der Waals surface area contributed by atoms with E-state index in [1.54, 1.807) is 36.4 Å². The molecular formula is C24H37N2O3S+. The summed E-state index contributed by atoms with van der Waals surface area (Å²) in [6.45, 7) is 13.1. The van der Waals surface area contributed by atoms with Crippen LogP contribution in [0.5, 0.6) is 0 Å². The smallest absolute Gasteiger partial charge is 0.264 e. The lowest BCUT2D eigenvalue weighted by Gasteiger charge is -2.30. The number of aliphatic hydroxyl groups excluding tert-OH is 1. The Hall–Kier alpha value is -1.89. The van der Waals surface area contributed by atoms with E-state index in [9.17, 15) is 13.5 Å². The van der Waals surface area contributed by atoms with Gasteiger partial charge in [0.05, 0.1) is 30.2 Å². The van der Waals surface area contributed by atoms with Crippen molar-refractivity contribution in [1.29, 1.82) is 0 Å².